The molecule has 0 spiro atoms. The molecule has 262 valence electrons. The lowest BCUT2D eigenvalue weighted by Gasteiger charge is -2.12. The highest BCUT2D eigenvalue weighted by atomic mass is 16.3. The second kappa shape index (κ2) is 13.1. The van der Waals surface area contributed by atoms with Crippen LogP contribution in [-0.4, -0.2) is 9.55 Å². The van der Waals surface area contributed by atoms with Crippen molar-refractivity contribution < 1.29 is 4.42 Å². The summed E-state index contributed by atoms with van der Waals surface area (Å²) in [4.78, 5) is 5.15. The first kappa shape index (κ1) is 32.0. The standard InChI is InChI=1S/C53H34N2O/c1-3-13-35(14-4-1)41-33-47(37-15-5-2-6-16-37)54-48(34-41)38-27-25-36(26-28-38)39-29-30-50-46(32-39)44-19-7-9-22-49(44)55(50)42-18-11-17-40(31-42)43-21-12-24-52-53(43)45-20-8-10-23-51(45)56-52/h1-34H. The Balaban J connectivity index is 0.988. The van der Waals surface area contributed by atoms with E-state index in [0.29, 0.717) is 0 Å². The summed E-state index contributed by atoms with van der Waals surface area (Å²) in [5.41, 5.74) is 16.4. The summed E-state index contributed by atoms with van der Waals surface area (Å²) in [7, 11) is 0. The first-order valence-corrected chi connectivity index (χ1v) is 19.0. The van der Waals surface area contributed by atoms with Crippen molar-refractivity contribution >= 4 is 43.7 Å². The molecule has 0 bridgehead atoms. The van der Waals surface area contributed by atoms with Crippen LogP contribution in [0.15, 0.2) is 211 Å². The number of rotatable bonds is 6. The van der Waals surface area contributed by atoms with Gasteiger partial charge in [-0.25, -0.2) is 4.98 Å². The maximum atomic E-state index is 6.24. The van der Waals surface area contributed by atoms with E-state index < -0.39 is 0 Å². The molecule has 3 aromatic heterocycles. The molecule has 11 aromatic rings. The summed E-state index contributed by atoms with van der Waals surface area (Å²) in [5.74, 6) is 0. The Labute approximate surface area is 324 Å². The molecule has 0 saturated heterocycles. The molecule has 0 aliphatic heterocycles. The fourth-order valence-corrected chi connectivity index (χ4v) is 8.32. The summed E-state index contributed by atoms with van der Waals surface area (Å²) in [6.45, 7) is 0. The third-order valence-corrected chi connectivity index (χ3v) is 11.0. The number of benzene rings is 8. The fourth-order valence-electron chi connectivity index (χ4n) is 8.32. The van der Waals surface area contributed by atoms with E-state index in [0.717, 1.165) is 66.8 Å². The van der Waals surface area contributed by atoms with Gasteiger partial charge in [0, 0.05) is 38.4 Å². The number of pyridine rings is 1. The topological polar surface area (TPSA) is 31.0 Å². The maximum Gasteiger partial charge on any atom is 0.136 e. The van der Waals surface area contributed by atoms with Crippen molar-refractivity contribution in [2.45, 2.75) is 0 Å². The number of para-hydroxylation sites is 2. The van der Waals surface area contributed by atoms with E-state index in [9.17, 15) is 0 Å². The predicted octanol–water partition coefficient (Wildman–Crippen LogP) is 14.4. The van der Waals surface area contributed by atoms with Crippen LogP contribution in [0.2, 0.25) is 0 Å². The van der Waals surface area contributed by atoms with E-state index in [1.54, 1.807) is 0 Å². The van der Waals surface area contributed by atoms with Crippen LogP contribution in [0.1, 0.15) is 0 Å². The molecule has 8 aromatic carbocycles. The molecule has 3 heterocycles. The molecule has 0 N–H and O–H groups in total. The number of nitrogens with zero attached hydrogens (tertiary/aromatic N) is 2. The molecular formula is C53H34N2O. The number of fused-ring (bicyclic) bond motifs is 6. The third kappa shape index (κ3) is 5.40. The van der Waals surface area contributed by atoms with Gasteiger partial charge in [-0.2, -0.15) is 0 Å². The zero-order chi connectivity index (χ0) is 37.0. The van der Waals surface area contributed by atoms with Crippen molar-refractivity contribution in [3.8, 4) is 61.6 Å². The van der Waals surface area contributed by atoms with E-state index >= 15 is 0 Å². The minimum absolute atomic E-state index is 0.903. The first-order valence-electron chi connectivity index (χ1n) is 19.0. The monoisotopic (exact) mass is 714 g/mol. The quantitative estimate of drug-likeness (QED) is 0.172. The predicted molar refractivity (Wildman–Crippen MR) is 233 cm³/mol. The van der Waals surface area contributed by atoms with Crippen molar-refractivity contribution in [2.24, 2.45) is 0 Å². The lowest BCUT2D eigenvalue weighted by Crippen LogP contribution is -1.94. The maximum absolute atomic E-state index is 6.24. The number of hydrogen-bond acceptors (Lipinski definition) is 2. The molecule has 0 amide bonds. The molecular weight excluding hydrogens is 681 g/mol. The van der Waals surface area contributed by atoms with Crippen LogP contribution in [0.5, 0.6) is 0 Å². The van der Waals surface area contributed by atoms with E-state index in [-0.39, 0.29) is 0 Å². The number of hydrogen-bond donors (Lipinski definition) is 0. The summed E-state index contributed by atoms with van der Waals surface area (Å²) in [5, 5.41) is 4.73. The Morgan fingerprint density at radius 1 is 0.339 bits per heavy atom. The van der Waals surface area contributed by atoms with Crippen LogP contribution in [0.25, 0.3) is 105 Å². The largest absolute Gasteiger partial charge is 0.456 e. The zero-order valence-electron chi connectivity index (χ0n) is 30.4. The Morgan fingerprint density at radius 3 is 1.71 bits per heavy atom. The summed E-state index contributed by atoms with van der Waals surface area (Å²) in [6.07, 6.45) is 0. The van der Waals surface area contributed by atoms with Crippen LogP contribution in [0, 0.1) is 0 Å². The molecule has 3 heteroatoms. The molecule has 0 unspecified atom stereocenters. The van der Waals surface area contributed by atoms with Crippen molar-refractivity contribution in [1.29, 1.82) is 0 Å². The molecule has 0 fully saturated rings. The zero-order valence-corrected chi connectivity index (χ0v) is 30.4. The van der Waals surface area contributed by atoms with Crippen LogP contribution >= 0.6 is 0 Å². The normalized spacial score (nSPS) is 11.6. The fraction of sp³-hybridized carbons (Fsp3) is 0. The van der Waals surface area contributed by atoms with Gasteiger partial charge in [-0.3, -0.25) is 0 Å². The van der Waals surface area contributed by atoms with Gasteiger partial charge in [-0.1, -0.05) is 152 Å². The van der Waals surface area contributed by atoms with Gasteiger partial charge in [0.2, 0.25) is 0 Å². The molecule has 0 atom stereocenters. The van der Waals surface area contributed by atoms with Crippen molar-refractivity contribution in [2.75, 3.05) is 0 Å². The second-order valence-corrected chi connectivity index (χ2v) is 14.3. The average molecular weight is 715 g/mol. The second-order valence-electron chi connectivity index (χ2n) is 14.3. The molecule has 0 radical (unpaired) electrons. The summed E-state index contributed by atoms with van der Waals surface area (Å²) < 4.78 is 8.64. The Hall–Kier alpha value is -7.49. The lowest BCUT2D eigenvalue weighted by molar-refractivity contribution is 0.669. The average Bonchev–Trinajstić information content (AvgIpc) is 3.83. The van der Waals surface area contributed by atoms with Gasteiger partial charge >= 0.3 is 0 Å². The Kier molecular flexibility index (Phi) is 7.49. The van der Waals surface area contributed by atoms with E-state index in [1.807, 2.05) is 18.2 Å². The SMILES string of the molecule is c1ccc(-c2cc(-c3ccccc3)nc(-c3ccc(-c4ccc5c(c4)c4ccccc4n5-c4cccc(-c5cccc6oc7ccccc7c56)c4)cc3)c2)cc1. The molecule has 11 rings (SSSR count). The van der Waals surface area contributed by atoms with E-state index in [2.05, 4.69) is 193 Å². The van der Waals surface area contributed by atoms with Crippen molar-refractivity contribution in [3.63, 3.8) is 0 Å². The number of furan rings is 1. The molecule has 0 aliphatic rings. The van der Waals surface area contributed by atoms with Gasteiger partial charge in [-0.15, -0.1) is 0 Å². The summed E-state index contributed by atoms with van der Waals surface area (Å²) in [6, 6.07) is 73.3. The highest BCUT2D eigenvalue weighted by Gasteiger charge is 2.17. The molecule has 0 aliphatic carbocycles. The van der Waals surface area contributed by atoms with Crippen LogP contribution in [-0.2, 0) is 0 Å². The highest BCUT2D eigenvalue weighted by molar-refractivity contribution is 6.13. The van der Waals surface area contributed by atoms with Gasteiger partial charge in [0.25, 0.3) is 0 Å². The van der Waals surface area contributed by atoms with Crippen molar-refractivity contribution in [1.82, 2.24) is 9.55 Å². The Morgan fingerprint density at radius 2 is 0.911 bits per heavy atom. The van der Waals surface area contributed by atoms with Gasteiger partial charge in [-0.05, 0) is 88.0 Å². The van der Waals surface area contributed by atoms with Crippen molar-refractivity contribution in [3.05, 3.63) is 206 Å². The third-order valence-electron chi connectivity index (χ3n) is 11.0. The summed E-state index contributed by atoms with van der Waals surface area (Å²) >= 11 is 0. The van der Waals surface area contributed by atoms with Crippen LogP contribution < -0.4 is 0 Å². The minimum Gasteiger partial charge on any atom is -0.456 e. The van der Waals surface area contributed by atoms with Gasteiger partial charge in [0.15, 0.2) is 0 Å². The van der Waals surface area contributed by atoms with Crippen LogP contribution in [0.4, 0.5) is 0 Å². The number of aromatic nitrogens is 2. The molecule has 0 saturated carbocycles. The van der Waals surface area contributed by atoms with Crippen LogP contribution in [0.3, 0.4) is 0 Å². The minimum atomic E-state index is 0.903. The highest BCUT2D eigenvalue weighted by Crippen LogP contribution is 2.40. The molecule has 3 nitrogen and oxygen atoms in total. The van der Waals surface area contributed by atoms with Gasteiger partial charge in [0.05, 0.1) is 22.4 Å². The first-order chi connectivity index (χ1) is 27.7. The molecule has 56 heavy (non-hydrogen) atoms. The van der Waals surface area contributed by atoms with E-state index in [1.165, 1.54) is 38.5 Å². The Bertz CT molecular complexity index is 3170. The van der Waals surface area contributed by atoms with E-state index in [4.69, 9.17) is 9.40 Å². The lowest BCUT2D eigenvalue weighted by atomic mass is 9.98. The smallest absolute Gasteiger partial charge is 0.136 e. The van der Waals surface area contributed by atoms with Gasteiger partial charge in [0.1, 0.15) is 11.2 Å². The van der Waals surface area contributed by atoms with Gasteiger partial charge < -0.3 is 8.98 Å².